The molecule has 5 nitrogen and oxygen atoms in total. The highest BCUT2D eigenvalue weighted by Crippen LogP contribution is 2.22. The highest BCUT2D eigenvalue weighted by atomic mass is 35.5. The van der Waals surface area contributed by atoms with Crippen LogP contribution in [0.15, 0.2) is 47.3 Å². The molecule has 0 aliphatic carbocycles. The maximum Gasteiger partial charge on any atom is 0.261 e. The van der Waals surface area contributed by atoms with Crippen LogP contribution in [0.5, 0.6) is 0 Å². The number of halogens is 2. The van der Waals surface area contributed by atoms with E-state index >= 15 is 0 Å². The molecule has 0 bridgehead atoms. The molecule has 1 aromatic heterocycles. The van der Waals surface area contributed by atoms with Crippen LogP contribution in [-0.4, -0.2) is 15.5 Å². The van der Waals surface area contributed by atoms with Gasteiger partial charge < -0.3 is 5.32 Å². The Morgan fingerprint density at radius 3 is 2.83 bits per heavy atom. The van der Waals surface area contributed by atoms with Gasteiger partial charge in [-0.3, -0.25) is 14.2 Å². The second kappa shape index (κ2) is 6.41. The third kappa shape index (κ3) is 3.14. The zero-order chi connectivity index (χ0) is 17.3. The van der Waals surface area contributed by atoms with Crippen LogP contribution >= 0.6 is 11.6 Å². The molecule has 1 heterocycles. The monoisotopic (exact) mass is 345 g/mol. The molecule has 3 aromatic rings. The smallest absolute Gasteiger partial charge is 0.261 e. The lowest BCUT2D eigenvalue weighted by atomic mass is 10.2. The normalized spacial score (nSPS) is 10.8. The number of carbonyl (C=O) groups excluding carboxylic acids is 1. The van der Waals surface area contributed by atoms with Crippen LogP contribution in [0.4, 0.5) is 10.1 Å². The number of carbonyl (C=O) groups is 1. The molecule has 24 heavy (non-hydrogen) atoms. The van der Waals surface area contributed by atoms with Crippen molar-refractivity contribution in [1.82, 2.24) is 9.55 Å². The molecule has 0 unspecified atom stereocenters. The van der Waals surface area contributed by atoms with Crippen molar-refractivity contribution in [3.8, 4) is 0 Å². The Labute approximate surface area is 141 Å². The van der Waals surface area contributed by atoms with Gasteiger partial charge in [-0.25, -0.2) is 9.37 Å². The topological polar surface area (TPSA) is 64.0 Å². The first kappa shape index (κ1) is 16.1. The van der Waals surface area contributed by atoms with Gasteiger partial charge in [0.1, 0.15) is 18.2 Å². The highest BCUT2D eigenvalue weighted by Gasteiger charge is 2.13. The molecule has 1 amide bonds. The van der Waals surface area contributed by atoms with E-state index in [-0.39, 0.29) is 22.8 Å². The number of para-hydroxylation sites is 1. The maximum atomic E-state index is 13.3. The summed E-state index contributed by atoms with van der Waals surface area (Å²) >= 11 is 5.92. The SMILES string of the molecule is Cc1nc2ccccc2c(=O)n1CC(=O)Nc1cc(F)ccc1Cl. The summed E-state index contributed by atoms with van der Waals surface area (Å²) in [6.07, 6.45) is 0. The number of nitrogens with one attached hydrogen (secondary N) is 1. The number of anilines is 1. The predicted molar refractivity (Wildman–Crippen MR) is 90.8 cm³/mol. The molecule has 1 N–H and O–H groups in total. The minimum absolute atomic E-state index is 0.154. The van der Waals surface area contributed by atoms with Crippen molar-refractivity contribution in [1.29, 1.82) is 0 Å². The van der Waals surface area contributed by atoms with Crippen molar-refractivity contribution in [2.24, 2.45) is 0 Å². The Kier molecular flexibility index (Phi) is 4.31. The molecular weight excluding hydrogens is 333 g/mol. The van der Waals surface area contributed by atoms with Gasteiger partial charge in [-0.05, 0) is 37.3 Å². The molecule has 3 rings (SSSR count). The summed E-state index contributed by atoms with van der Waals surface area (Å²) in [5.41, 5.74) is 0.421. The second-order valence-electron chi connectivity index (χ2n) is 5.24. The van der Waals surface area contributed by atoms with Gasteiger partial charge in [-0.1, -0.05) is 23.7 Å². The van der Waals surface area contributed by atoms with Crippen molar-refractivity contribution in [3.05, 3.63) is 69.5 Å². The fourth-order valence-electron chi connectivity index (χ4n) is 2.39. The number of hydrogen-bond donors (Lipinski definition) is 1. The number of hydrogen-bond acceptors (Lipinski definition) is 3. The summed E-state index contributed by atoms with van der Waals surface area (Å²) in [4.78, 5) is 29.0. The first-order chi connectivity index (χ1) is 11.5. The third-order valence-electron chi connectivity index (χ3n) is 3.56. The molecule has 0 saturated heterocycles. The fraction of sp³-hybridized carbons (Fsp3) is 0.118. The molecule has 0 radical (unpaired) electrons. The van der Waals surface area contributed by atoms with Crippen LogP contribution < -0.4 is 10.9 Å². The van der Waals surface area contributed by atoms with Crippen LogP contribution in [0, 0.1) is 12.7 Å². The molecule has 0 fully saturated rings. The number of aryl methyl sites for hydroxylation is 1. The van der Waals surface area contributed by atoms with Crippen LogP contribution in [0.1, 0.15) is 5.82 Å². The van der Waals surface area contributed by atoms with Crippen LogP contribution in [-0.2, 0) is 11.3 Å². The Balaban J connectivity index is 1.91. The molecule has 0 atom stereocenters. The average Bonchev–Trinajstić information content (AvgIpc) is 2.55. The predicted octanol–water partition coefficient (Wildman–Crippen LogP) is 3.14. The summed E-state index contributed by atoms with van der Waals surface area (Å²) in [7, 11) is 0. The molecule has 122 valence electrons. The van der Waals surface area contributed by atoms with Gasteiger partial charge in [0.15, 0.2) is 0 Å². The van der Waals surface area contributed by atoms with Gasteiger partial charge in [0.25, 0.3) is 5.56 Å². The number of nitrogens with zero attached hydrogens (tertiary/aromatic N) is 2. The number of aromatic nitrogens is 2. The van der Waals surface area contributed by atoms with Gasteiger partial charge in [-0.15, -0.1) is 0 Å². The van der Waals surface area contributed by atoms with E-state index in [1.165, 1.54) is 16.7 Å². The molecule has 0 spiro atoms. The van der Waals surface area contributed by atoms with Gasteiger partial charge in [-0.2, -0.15) is 0 Å². The fourth-order valence-corrected chi connectivity index (χ4v) is 2.56. The van der Waals surface area contributed by atoms with Gasteiger partial charge in [0, 0.05) is 0 Å². The first-order valence-corrected chi connectivity index (χ1v) is 7.54. The molecule has 0 aliphatic heterocycles. The standard InChI is InChI=1S/C17H13ClFN3O2/c1-10-20-14-5-3-2-4-12(14)17(24)22(10)9-16(23)21-15-8-11(19)6-7-13(15)18/h2-8H,9H2,1H3,(H,21,23). The van der Waals surface area contributed by atoms with Crippen molar-refractivity contribution < 1.29 is 9.18 Å². The van der Waals surface area contributed by atoms with Crippen LogP contribution in [0.2, 0.25) is 5.02 Å². The van der Waals surface area contributed by atoms with Crippen molar-refractivity contribution in [3.63, 3.8) is 0 Å². The lowest BCUT2D eigenvalue weighted by Gasteiger charge is -2.12. The van der Waals surface area contributed by atoms with Crippen molar-refractivity contribution in [2.45, 2.75) is 13.5 Å². The van der Waals surface area contributed by atoms with Gasteiger partial charge in [0.2, 0.25) is 5.91 Å². The number of amides is 1. The molecule has 7 heteroatoms. The first-order valence-electron chi connectivity index (χ1n) is 7.17. The van der Waals surface area contributed by atoms with E-state index in [9.17, 15) is 14.0 Å². The maximum absolute atomic E-state index is 13.3. The summed E-state index contributed by atoms with van der Waals surface area (Å²) in [6.45, 7) is 1.41. The van der Waals surface area contributed by atoms with E-state index in [4.69, 9.17) is 11.6 Å². The number of fused-ring (bicyclic) bond motifs is 1. The highest BCUT2D eigenvalue weighted by molar-refractivity contribution is 6.33. The second-order valence-corrected chi connectivity index (χ2v) is 5.65. The van der Waals surface area contributed by atoms with Crippen molar-refractivity contribution >= 4 is 34.1 Å². The summed E-state index contributed by atoms with van der Waals surface area (Å²) in [6, 6.07) is 10.6. The summed E-state index contributed by atoms with van der Waals surface area (Å²) in [5, 5.41) is 3.15. The van der Waals surface area contributed by atoms with E-state index < -0.39 is 11.7 Å². The van der Waals surface area contributed by atoms with E-state index in [0.29, 0.717) is 16.7 Å². The Bertz CT molecular complexity index is 1000. The van der Waals surface area contributed by atoms with E-state index in [1.807, 2.05) is 0 Å². The molecule has 0 saturated carbocycles. The third-order valence-corrected chi connectivity index (χ3v) is 3.89. The summed E-state index contributed by atoms with van der Waals surface area (Å²) < 4.78 is 14.5. The number of benzene rings is 2. The van der Waals surface area contributed by atoms with E-state index in [2.05, 4.69) is 10.3 Å². The van der Waals surface area contributed by atoms with Gasteiger partial charge >= 0.3 is 0 Å². The van der Waals surface area contributed by atoms with Crippen LogP contribution in [0.3, 0.4) is 0 Å². The lowest BCUT2D eigenvalue weighted by molar-refractivity contribution is -0.116. The van der Waals surface area contributed by atoms with Crippen LogP contribution in [0.25, 0.3) is 10.9 Å². The van der Waals surface area contributed by atoms with E-state index in [0.717, 1.165) is 6.07 Å². The molecule has 2 aromatic carbocycles. The zero-order valence-electron chi connectivity index (χ0n) is 12.7. The Morgan fingerprint density at radius 2 is 2.04 bits per heavy atom. The summed E-state index contributed by atoms with van der Waals surface area (Å²) in [5.74, 6) is -0.598. The quantitative estimate of drug-likeness (QED) is 0.793. The van der Waals surface area contributed by atoms with Gasteiger partial charge in [0.05, 0.1) is 21.6 Å². The lowest BCUT2D eigenvalue weighted by Crippen LogP contribution is -2.30. The minimum atomic E-state index is -0.518. The zero-order valence-corrected chi connectivity index (χ0v) is 13.5. The van der Waals surface area contributed by atoms with Crippen molar-refractivity contribution in [2.75, 3.05) is 5.32 Å². The number of rotatable bonds is 3. The minimum Gasteiger partial charge on any atom is -0.323 e. The largest absolute Gasteiger partial charge is 0.323 e. The Hall–Kier alpha value is -2.73. The molecular formula is C17H13ClFN3O2. The Morgan fingerprint density at radius 1 is 1.29 bits per heavy atom. The average molecular weight is 346 g/mol. The molecule has 0 aliphatic rings. The van der Waals surface area contributed by atoms with E-state index in [1.54, 1.807) is 31.2 Å².